The Bertz CT molecular complexity index is 1750. The number of hydrogen-bond donors (Lipinski definition) is 0. The van der Waals surface area contributed by atoms with Gasteiger partial charge in [0.25, 0.3) is 5.60 Å². The summed E-state index contributed by atoms with van der Waals surface area (Å²) in [5.41, 5.74) is 7.00. The quantitative estimate of drug-likeness (QED) is 0.257. The molecular formula is C36H30O4. The summed E-state index contributed by atoms with van der Waals surface area (Å²) in [7, 11) is 0. The van der Waals surface area contributed by atoms with E-state index in [4.69, 9.17) is 4.74 Å². The van der Waals surface area contributed by atoms with Crippen molar-refractivity contribution in [2.75, 3.05) is 0 Å². The Hall–Kier alpha value is -4.57. The van der Waals surface area contributed by atoms with Gasteiger partial charge in [-0.2, -0.15) is 0 Å². The third-order valence-electron chi connectivity index (χ3n) is 8.14. The molecule has 4 aromatic rings. The average molecular weight is 527 g/mol. The van der Waals surface area contributed by atoms with Gasteiger partial charge < -0.3 is 4.74 Å². The summed E-state index contributed by atoms with van der Waals surface area (Å²) in [4.78, 5) is 43.0. The topological polar surface area (TPSA) is 60.4 Å². The minimum Gasteiger partial charge on any atom is -0.464 e. The van der Waals surface area contributed by atoms with Crippen molar-refractivity contribution < 1.29 is 19.1 Å². The summed E-state index contributed by atoms with van der Waals surface area (Å²) < 4.78 is 6.92. The van der Waals surface area contributed by atoms with E-state index < -0.39 is 17.2 Å². The second-order valence-corrected chi connectivity index (χ2v) is 11.1. The zero-order chi connectivity index (χ0) is 28.5. The van der Waals surface area contributed by atoms with Gasteiger partial charge in [-0.3, -0.25) is 14.4 Å². The van der Waals surface area contributed by atoms with E-state index in [1.54, 1.807) is 30.3 Å². The van der Waals surface area contributed by atoms with E-state index in [1.807, 2.05) is 84.0 Å². The molecule has 0 spiro atoms. The predicted molar refractivity (Wildman–Crippen MR) is 157 cm³/mol. The van der Waals surface area contributed by atoms with Crippen LogP contribution in [0.3, 0.4) is 0 Å². The second kappa shape index (κ2) is 8.99. The number of benzene rings is 4. The highest BCUT2D eigenvalue weighted by Crippen LogP contribution is 2.50. The summed E-state index contributed by atoms with van der Waals surface area (Å²) in [6.45, 7) is 11.8. The molecule has 0 N–H and O–H groups in total. The first kappa shape index (κ1) is 25.7. The number of fused-ring (bicyclic) bond motifs is 2. The van der Waals surface area contributed by atoms with Crippen LogP contribution in [0.25, 0.3) is 11.3 Å². The number of Topliss-reactive ketones (excluding diaryl/α,β-unsaturated/α-hetero) is 3. The van der Waals surface area contributed by atoms with Crippen LogP contribution in [0.15, 0.2) is 72.8 Å². The third-order valence-corrected chi connectivity index (χ3v) is 8.14. The van der Waals surface area contributed by atoms with Crippen molar-refractivity contribution in [3.8, 4) is 0 Å². The molecule has 0 bridgehead atoms. The van der Waals surface area contributed by atoms with Crippen LogP contribution in [0.2, 0.25) is 0 Å². The van der Waals surface area contributed by atoms with Crippen molar-refractivity contribution in [2.24, 2.45) is 0 Å². The number of carbonyl (C=O) groups is 3. The Labute approximate surface area is 234 Å². The lowest BCUT2D eigenvalue weighted by atomic mass is 9.81. The van der Waals surface area contributed by atoms with Crippen LogP contribution in [0.1, 0.15) is 81.1 Å². The fraction of sp³-hybridized carbons (Fsp3) is 0.194. The second-order valence-electron chi connectivity index (χ2n) is 11.1. The van der Waals surface area contributed by atoms with Gasteiger partial charge in [0.2, 0.25) is 11.6 Å². The van der Waals surface area contributed by atoms with Crippen molar-refractivity contribution in [3.05, 3.63) is 140 Å². The molecule has 0 heterocycles. The molecule has 0 fully saturated rings. The molecule has 2 aliphatic carbocycles. The Morgan fingerprint density at radius 1 is 0.550 bits per heavy atom. The molecule has 198 valence electrons. The van der Waals surface area contributed by atoms with Gasteiger partial charge in [-0.25, -0.2) is 0 Å². The van der Waals surface area contributed by atoms with Gasteiger partial charge in [0.1, 0.15) is 5.76 Å². The van der Waals surface area contributed by atoms with Gasteiger partial charge in [0.05, 0.1) is 5.57 Å². The van der Waals surface area contributed by atoms with Crippen molar-refractivity contribution in [1.29, 1.82) is 0 Å². The van der Waals surface area contributed by atoms with Crippen LogP contribution >= 0.6 is 0 Å². The van der Waals surface area contributed by atoms with E-state index in [0.29, 0.717) is 33.4 Å². The van der Waals surface area contributed by atoms with E-state index in [9.17, 15) is 14.4 Å². The summed E-state index contributed by atoms with van der Waals surface area (Å²) in [5, 5.41) is 0. The van der Waals surface area contributed by atoms with E-state index in [0.717, 1.165) is 38.9 Å². The molecule has 0 saturated heterocycles. The zero-order valence-electron chi connectivity index (χ0n) is 23.6. The molecule has 0 atom stereocenters. The molecule has 40 heavy (non-hydrogen) atoms. The number of ketones is 3. The third kappa shape index (κ3) is 3.49. The van der Waals surface area contributed by atoms with Crippen LogP contribution in [0, 0.1) is 41.5 Å². The maximum atomic E-state index is 14.5. The molecule has 4 aromatic carbocycles. The first-order valence-corrected chi connectivity index (χ1v) is 13.5. The van der Waals surface area contributed by atoms with Crippen molar-refractivity contribution >= 4 is 28.7 Å². The monoisotopic (exact) mass is 526 g/mol. The maximum Gasteiger partial charge on any atom is 0.259 e. The van der Waals surface area contributed by atoms with Crippen LogP contribution < -0.4 is 0 Å². The number of allylic oxidation sites excluding steroid dienone is 1. The number of carbonyl (C=O) groups excluding carboxylic acids is 3. The van der Waals surface area contributed by atoms with Gasteiger partial charge in [-0.1, -0.05) is 83.9 Å². The van der Waals surface area contributed by atoms with Crippen LogP contribution in [0.5, 0.6) is 0 Å². The highest BCUT2D eigenvalue weighted by molar-refractivity contribution is 6.40. The molecule has 0 amide bonds. The lowest BCUT2D eigenvalue weighted by molar-refractivity contribution is 0.0316. The minimum absolute atomic E-state index is 0.177. The molecule has 0 aromatic heterocycles. The number of aryl methyl sites for hydroxylation is 6. The molecule has 0 aliphatic heterocycles. The largest absolute Gasteiger partial charge is 0.464 e. The number of ether oxygens (including phenoxy) is 1. The smallest absolute Gasteiger partial charge is 0.259 e. The van der Waals surface area contributed by atoms with E-state index >= 15 is 0 Å². The number of hydrogen-bond acceptors (Lipinski definition) is 4. The average Bonchev–Trinajstić information content (AvgIpc) is 3.28. The van der Waals surface area contributed by atoms with E-state index in [2.05, 4.69) is 0 Å². The lowest BCUT2D eigenvalue weighted by Crippen LogP contribution is -2.42. The molecule has 0 saturated carbocycles. The summed E-state index contributed by atoms with van der Waals surface area (Å²) in [5.74, 6) is -0.735. The summed E-state index contributed by atoms with van der Waals surface area (Å²) >= 11 is 0. The fourth-order valence-corrected chi connectivity index (χ4v) is 6.78. The lowest BCUT2D eigenvalue weighted by Gasteiger charge is -2.32. The van der Waals surface area contributed by atoms with E-state index in [-0.39, 0.29) is 11.5 Å². The highest BCUT2D eigenvalue weighted by atomic mass is 16.5. The summed E-state index contributed by atoms with van der Waals surface area (Å²) in [6.07, 6.45) is 0. The summed E-state index contributed by atoms with van der Waals surface area (Å²) in [6, 6.07) is 22.1. The fourth-order valence-electron chi connectivity index (χ4n) is 6.78. The van der Waals surface area contributed by atoms with Gasteiger partial charge in [-0.05, 0) is 69.4 Å². The standard InChI is InChI=1S/C36H30O4/c1-19-15-21(3)29(22(4)16-19)30-32(37)25-11-7-8-12-26(25)33(30)40-36(31-23(5)17-20(2)18-24(31)6)34(38)27-13-9-10-14-28(27)35(36)39/h7-18H,1-6H3. The van der Waals surface area contributed by atoms with Crippen LogP contribution in [-0.2, 0) is 10.3 Å². The van der Waals surface area contributed by atoms with Gasteiger partial charge in [-0.15, -0.1) is 0 Å². The Morgan fingerprint density at radius 3 is 1.48 bits per heavy atom. The molecule has 0 unspecified atom stereocenters. The SMILES string of the molecule is Cc1cc(C)c(C2=C(OC3(c4c(C)cc(C)cc4C)C(=O)c4ccccc4C3=O)c3ccccc3C2=O)c(C)c1. The van der Waals surface area contributed by atoms with Crippen molar-refractivity contribution in [3.63, 3.8) is 0 Å². The molecule has 6 rings (SSSR count). The van der Waals surface area contributed by atoms with Crippen molar-refractivity contribution in [1.82, 2.24) is 0 Å². The highest BCUT2D eigenvalue weighted by Gasteiger charge is 2.59. The maximum absolute atomic E-state index is 14.5. The van der Waals surface area contributed by atoms with Gasteiger partial charge >= 0.3 is 0 Å². The first-order chi connectivity index (χ1) is 19.1. The molecule has 4 heteroatoms. The minimum atomic E-state index is -1.96. The predicted octanol–water partition coefficient (Wildman–Crippen LogP) is 7.59. The van der Waals surface area contributed by atoms with Crippen LogP contribution in [0.4, 0.5) is 0 Å². The molecule has 2 aliphatic rings. The van der Waals surface area contributed by atoms with Crippen LogP contribution in [-0.4, -0.2) is 17.3 Å². The molecule has 0 radical (unpaired) electrons. The Balaban J connectivity index is 1.71. The Kier molecular flexibility index (Phi) is 5.77. The van der Waals surface area contributed by atoms with Gasteiger partial charge in [0.15, 0.2) is 5.78 Å². The van der Waals surface area contributed by atoms with E-state index in [1.165, 1.54) is 0 Å². The molecular weight excluding hydrogens is 496 g/mol. The number of rotatable bonds is 4. The van der Waals surface area contributed by atoms with Gasteiger partial charge in [0, 0.05) is 27.8 Å². The van der Waals surface area contributed by atoms with Crippen molar-refractivity contribution in [2.45, 2.75) is 47.1 Å². The molecule has 4 nitrogen and oxygen atoms in total. The zero-order valence-corrected chi connectivity index (χ0v) is 23.6. The first-order valence-electron chi connectivity index (χ1n) is 13.5. The normalized spacial score (nSPS) is 15.5. The Morgan fingerprint density at radius 2 is 0.975 bits per heavy atom.